The molecule has 1 unspecified atom stereocenters. The first kappa shape index (κ1) is 14.6. The number of amides is 3. The Labute approximate surface area is 117 Å². The van der Waals surface area contributed by atoms with Crippen molar-refractivity contribution in [3.05, 3.63) is 0 Å². The number of piperidine rings is 1. The largest absolute Gasteiger partial charge is 0.481 e. The van der Waals surface area contributed by atoms with Gasteiger partial charge in [0.05, 0.1) is 5.92 Å². The molecule has 0 bridgehead atoms. The summed E-state index contributed by atoms with van der Waals surface area (Å²) in [5.41, 5.74) is 0. The number of carbonyl (C=O) groups is 3. The van der Waals surface area contributed by atoms with E-state index < -0.39 is 17.9 Å². The van der Waals surface area contributed by atoms with Gasteiger partial charge in [0, 0.05) is 26.7 Å². The summed E-state index contributed by atoms with van der Waals surface area (Å²) in [6, 6.07) is -0.625. The molecule has 0 spiro atoms. The number of rotatable bonds is 2. The number of urea groups is 1. The van der Waals surface area contributed by atoms with E-state index >= 15 is 0 Å². The monoisotopic (exact) mass is 283 g/mol. The molecule has 2 aliphatic heterocycles. The van der Waals surface area contributed by atoms with Crippen LogP contribution < -0.4 is 5.32 Å². The number of nitrogens with zero attached hydrogens (tertiary/aromatic N) is 2. The second-order valence-electron chi connectivity index (χ2n) is 5.37. The Hall–Kier alpha value is -1.79. The molecule has 0 radical (unpaired) electrons. The zero-order chi connectivity index (χ0) is 14.7. The Morgan fingerprint density at radius 3 is 2.50 bits per heavy atom. The van der Waals surface area contributed by atoms with Crippen LogP contribution in [-0.2, 0) is 9.59 Å². The lowest BCUT2D eigenvalue weighted by Crippen LogP contribution is -2.53. The Bertz CT molecular complexity index is 412. The van der Waals surface area contributed by atoms with Crippen molar-refractivity contribution in [2.45, 2.75) is 31.7 Å². The number of hydrogen-bond donors (Lipinski definition) is 2. The van der Waals surface area contributed by atoms with Gasteiger partial charge in [-0.15, -0.1) is 0 Å². The van der Waals surface area contributed by atoms with Gasteiger partial charge in [-0.05, 0) is 25.7 Å². The van der Waals surface area contributed by atoms with Gasteiger partial charge in [0.15, 0.2) is 0 Å². The highest BCUT2D eigenvalue weighted by molar-refractivity contribution is 5.87. The average molecular weight is 283 g/mol. The van der Waals surface area contributed by atoms with E-state index in [0.717, 1.165) is 6.42 Å². The molecule has 3 amide bonds. The predicted molar refractivity (Wildman–Crippen MR) is 71.1 cm³/mol. The van der Waals surface area contributed by atoms with Gasteiger partial charge < -0.3 is 20.2 Å². The van der Waals surface area contributed by atoms with Crippen LogP contribution in [0.3, 0.4) is 0 Å². The second-order valence-corrected chi connectivity index (χ2v) is 5.37. The van der Waals surface area contributed by atoms with Crippen molar-refractivity contribution >= 4 is 17.9 Å². The number of aliphatic carboxylic acids is 1. The van der Waals surface area contributed by atoms with Crippen LogP contribution >= 0.6 is 0 Å². The van der Waals surface area contributed by atoms with E-state index in [2.05, 4.69) is 5.32 Å². The summed E-state index contributed by atoms with van der Waals surface area (Å²) in [4.78, 5) is 38.4. The van der Waals surface area contributed by atoms with E-state index in [1.807, 2.05) is 0 Å². The van der Waals surface area contributed by atoms with Crippen molar-refractivity contribution in [1.82, 2.24) is 15.1 Å². The third kappa shape index (κ3) is 2.86. The first-order chi connectivity index (χ1) is 9.54. The van der Waals surface area contributed by atoms with Crippen LogP contribution in [0, 0.1) is 5.92 Å². The molecule has 0 aromatic rings. The van der Waals surface area contributed by atoms with Gasteiger partial charge in [-0.1, -0.05) is 0 Å². The zero-order valence-corrected chi connectivity index (χ0v) is 11.7. The molecule has 0 aromatic heterocycles. The molecule has 2 saturated heterocycles. The Morgan fingerprint density at radius 1 is 1.15 bits per heavy atom. The smallest absolute Gasteiger partial charge is 0.320 e. The number of likely N-dealkylation sites (tertiary alicyclic amines) is 2. The molecule has 0 aliphatic carbocycles. The number of carbonyl (C=O) groups excluding carboxylic acids is 2. The number of carboxylic acid groups (broad SMARTS) is 1. The highest BCUT2D eigenvalue weighted by Crippen LogP contribution is 2.23. The lowest BCUT2D eigenvalue weighted by molar-refractivity contribution is -0.143. The van der Waals surface area contributed by atoms with Crippen LogP contribution in [0.25, 0.3) is 0 Å². The fraction of sp³-hybridized carbons (Fsp3) is 0.769. The third-order valence-corrected chi connectivity index (χ3v) is 4.09. The second kappa shape index (κ2) is 6.11. The first-order valence-electron chi connectivity index (χ1n) is 7.04. The van der Waals surface area contributed by atoms with Crippen molar-refractivity contribution in [3.63, 3.8) is 0 Å². The molecule has 2 N–H and O–H groups in total. The molecule has 0 aromatic carbocycles. The van der Waals surface area contributed by atoms with Gasteiger partial charge in [-0.3, -0.25) is 9.59 Å². The van der Waals surface area contributed by atoms with Crippen molar-refractivity contribution in [2.24, 2.45) is 5.92 Å². The number of hydrogen-bond acceptors (Lipinski definition) is 3. The van der Waals surface area contributed by atoms with Gasteiger partial charge in [0.2, 0.25) is 5.91 Å². The Morgan fingerprint density at radius 2 is 1.85 bits per heavy atom. The van der Waals surface area contributed by atoms with Crippen LogP contribution in [0.2, 0.25) is 0 Å². The highest BCUT2D eigenvalue weighted by atomic mass is 16.4. The summed E-state index contributed by atoms with van der Waals surface area (Å²) in [6.45, 7) is 1.37. The molecule has 2 aliphatic rings. The average Bonchev–Trinajstić information content (AvgIpc) is 2.95. The molecule has 7 nitrogen and oxygen atoms in total. The maximum absolute atomic E-state index is 12.5. The maximum Gasteiger partial charge on any atom is 0.320 e. The Balaban J connectivity index is 2.02. The van der Waals surface area contributed by atoms with E-state index in [-0.39, 0.29) is 18.5 Å². The number of likely N-dealkylation sites (N-methyl/N-ethyl adjacent to an activating group) is 1. The van der Waals surface area contributed by atoms with Gasteiger partial charge in [-0.25, -0.2) is 4.79 Å². The maximum atomic E-state index is 12.5. The van der Waals surface area contributed by atoms with Crippen LogP contribution in [0.1, 0.15) is 25.7 Å². The van der Waals surface area contributed by atoms with Crippen molar-refractivity contribution in [2.75, 3.05) is 26.7 Å². The Kier molecular flexibility index (Phi) is 4.46. The van der Waals surface area contributed by atoms with Gasteiger partial charge in [-0.2, -0.15) is 0 Å². The summed E-state index contributed by atoms with van der Waals surface area (Å²) in [7, 11) is 1.56. The fourth-order valence-corrected chi connectivity index (χ4v) is 2.97. The number of carboxylic acids is 1. The number of nitrogens with one attached hydrogen (secondary N) is 1. The molecule has 2 rings (SSSR count). The van der Waals surface area contributed by atoms with Crippen molar-refractivity contribution in [1.29, 1.82) is 0 Å². The van der Waals surface area contributed by atoms with E-state index in [4.69, 9.17) is 5.11 Å². The van der Waals surface area contributed by atoms with Crippen molar-refractivity contribution < 1.29 is 19.5 Å². The van der Waals surface area contributed by atoms with Crippen LogP contribution in [0.4, 0.5) is 4.79 Å². The standard InChI is InChI=1S/C13H21N3O4/c1-14-11(17)10-5-3-7-16(10)13(20)15-6-2-4-9(8-15)12(18)19/h9-10H,2-8H2,1H3,(H,14,17)(H,18,19)/t9-,10?/m0/s1. The molecule has 7 heteroatoms. The molecule has 20 heavy (non-hydrogen) atoms. The lowest BCUT2D eigenvalue weighted by Gasteiger charge is -2.35. The molecule has 2 atom stereocenters. The molecule has 0 saturated carbocycles. The summed E-state index contributed by atoms with van der Waals surface area (Å²) in [5.74, 6) is -1.50. The van der Waals surface area contributed by atoms with Crippen LogP contribution in [0.5, 0.6) is 0 Å². The minimum Gasteiger partial charge on any atom is -0.481 e. The minimum atomic E-state index is -0.855. The van der Waals surface area contributed by atoms with Gasteiger partial charge in [0.25, 0.3) is 0 Å². The van der Waals surface area contributed by atoms with Crippen molar-refractivity contribution in [3.8, 4) is 0 Å². The summed E-state index contributed by atoms with van der Waals surface area (Å²) in [6.07, 6.45) is 2.78. The lowest BCUT2D eigenvalue weighted by atomic mass is 9.98. The van der Waals surface area contributed by atoms with E-state index in [1.165, 1.54) is 0 Å². The SMILES string of the molecule is CNC(=O)C1CCCN1C(=O)N1CCC[C@H](C(=O)O)C1. The molecular formula is C13H21N3O4. The summed E-state index contributed by atoms with van der Waals surface area (Å²) < 4.78 is 0. The van der Waals surface area contributed by atoms with E-state index in [9.17, 15) is 14.4 Å². The summed E-state index contributed by atoms with van der Waals surface area (Å²) in [5, 5.41) is 11.6. The quantitative estimate of drug-likeness (QED) is 0.753. The summed E-state index contributed by atoms with van der Waals surface area (Å²) >= 11 is 0. The first-order valence-corrected chi connectivity index (χ1v) is 7.04. The van der Waals surface area contributed by atoms with Gasteiger partial charge >= 0.3 is 12.0 Å². The highest BCUT2D eigenvalue weighted by Gasteiger charge is 2.37. The molecular weight excluding hydrogens is 262 g/mol. The van der Waals surface area contributed by atoms with E-state index in [0.29, 0.717) is 32.4 Å². The molecule has 112 valence electrons. The van der Waals surface area contributed by atoms with Crippen LogP contribution in [-0.4, -0.2) is 65.5 Å². The minimum absolute atomic E-state index is 0.150. The third-order valence-electron chi connectivity index (χ3n) is 4.09. The van der Waals surface area contributed by atoms with Gasteiger partial charge in [0.1, 0.15) is 6.04 Å². The van der Waals surface area contributed by atoms with Crippen LogP contribution in [0.15, 0.2) is 0 Å². The topological polar surface area (TPSA) is 90.0 Å². The molecule has 2 fully saturated rings. The van der Waals surface area contributed by atoms with E-state index in [1.54, 1.807) is 16.8 Å². The fourth-order valence-electron chi connectivity index (χ4n) is 2.97. The zero-order valence-electron chi connectivity index (χ0n) is 11.7. The predicted octanol–water partition coefficient (Wildman–Crippen LogP) is 0.113. The molecule has 2 heterocycles. The normalized spacial score (nSPS) is 26.4.